The first-order valence-corrected chi connectivity index (χ1v) is 8.92. The molecular weight excluding hydrogens is 324 g/mol. The molecule has 0 spiro atoms. The van der Waals surface area contributed by atoms with Crippen LogP contribution in [0.3, 0.4) is 0 Å². The van der Waals surface area contributed by atoms with Crippen LogP contribution in [0.1, 0.15) is 23.9 Å². The van der Waals surface area contributed by atoms with Gasteiger partial charge in [-0.2, -0.15) is 0 Å². The van der Waals surface area contributed by atoms with Gasteiger partial charge in [0.1, 0.15) is 5.01 Å². The van der Waals surface area contributed by atoms with Crippen molar-refractivity contribution < 1.29 is 9.59 Å². The average molecular weight is 344 g/mol. The van der Waals surface area contributed by atoms with E-state index in [1.54, 1.807) is 4.90 Å². The SMILES string of the molecule is CCc1nnc(NC(=O)[C@@H]2CC(=O)N(CCc3ccccc3)C2)s1. The van der Waals surface area contributed by atoms with Crippen LogP contribution >= 0.6 is 11.3 Å². The van der Waals surface area contributed by atoms with Gasteiger partial charge in [0, 0.05) is 19.5 Å². The van der Waals surface area contributed by atoms with Crippen molar-refractivity contribution >= 4 is 28.3 Å². The molecule has 1 aromatic carbocycles. The second-order valence-corrected chi connectivity index (χ2v) is 6.88. The number of amides is 2. The van der Waals surface area contributed by atoms with Crippen molar-refractivity contribution in [3.63, 3.8) is 0 Å². The van der Waals surface area contributed by atoms with E-state index >= 15 is 0 Å². The van der Waals surface area contributed by atoms with Crippen LogP contribution in [0.15, 0.2) is 30.3 Å². The van der Waals surface area contributed by atoms with Gasteiger partial charge in [-0.25, -0.2) is 0 Å². The number of carbonyl (C=O) groups excluding carboxylic acids is 2. The Bertz CT molecular complexity index is 716. The summed E-state index contributed by atoms with van der Waals surface area (Å²) in [6, 6.07) is 10.0. The molecule has 0 unspecified atom stereocenters. The number of carbonyl (C=O) groups is 2. The van der Waals surface area contributed by atoms with E-state index < -0.39 is 0 Å². The molecule has 3 rings (SSSR count). The number of anilines is 1. The summed E-state index contributed by atoms with van der Waals surface area (Å²) in [5.74, 6) is -0.427. The first-order valence-electron chi connectivity index (χ1n) is 8.10. The third-order valence-corrected chi connectivity index (χ3v) is 5.08. The highest BCUT2D eigenvalue weighted by Gasteiger charge is 2.34. The Morgan fingerprint density at radius 3 is 2.83 bits per heavy atom. The summed E-state index contributed by atoms with van der Waals surface area (Å²) in [6.45, 7) is 3.11. The van der Waals surface area contributed by atoms with Crippen molar-refractivity contribution in [3.8, 4) is 0 Å². The lowest BCUT2D eigenvalue weighted by Crippen LogP contribution is -2.30. The van der Waals surface area contributed by atoms with Crippen molar-refractivity contribution in [2.24, 2.45) is 5.92 Å². The van der Waals surface area contributed by atoms with Crippen molar-refractivity contribution in [3.05, 3.63) is 40.9 Å². The first kappa shape index (κ1) is 16.6. The normalized spacial score (nSPS) is 17.3. The van der Waals surface area contributed by atoms with Crippen LogP contribution in [0.5, 0.6) is 0 Å². The minimum Gasteiger partial charge on any atom is -0.342 e. The molecule has 6 nitrogen and oxygen atoms in total. The molecule has 1 saturated heterocycles. The molecule has 1 aromatic heterocycles. The highest BCUT2D eigenvalue weighted by Crippen LogP contribution is 2.22. The second-order valence-electron chi connectivity index (χ2n) is 5.82. The molecule has 1 atom stereocenters. The Kier molecular flexibility index (Phi) is 5.20. The summed E-state index contributed by atoms with van der Waals surface area (Å²) < 4.78 is 0. The Balaban J connectivity index is 1.52. The molecular formula is C17H20N4O2S. The van der Waals surface area contributed by atoms with Crippen molar-refractivity contribution in [2.45, 2.75) is 26.2 Å². The molecule has 126 valence electrons. The van der Waals surface area contributed by atoms with Gasteiger partial charge in [-0.3, -0.25) is 9.59 Å². The van der Waals surface area contributed by atoms with Gasteiger partial charge < -0.3 is 10.2 Å². The summed E-state index contributed by atoms with van der Waals surface area (Å²) in [5, 5.41) is 12.1. The molecule has 2 heterocycles. The van der Waals surface area contributed by atoms with Crippen LogP contribution < -0.4 is 5.32 Å². The van der Waals surface area contributed by atoms with Gasteiger partial charge in [0.2, 0.25) is 16.9 Å². The highest BCUT2D eigenvalue weighted by atomic mass is 32.1. The van der Waals surface area contributed by atoms with E-state index in [9.17, 15) is 9.59 Å². The van der Waals surface area contributed by atoms with E-state index in [1.165, 1.54) is 16.9 Å². The zero-order valence-corrected chi connectivity index (χ0v) is 14.4. The fourth-order valence-corrected chi connectivity index (χ4v) is 3.41. The number of hydrogen-bond donors (Lipinski definition) is 1. The average Bonchev–Trinajstić information content (AvgIpc) is 3.20. The van der Waals surface area contributed by atoms with Crippen LogP contribution in [0.2, 0.25) is 0 Å². The van der Waals surface area contributed by atoms with Crippen LogP contribution in [0.25, 0.3) is 0 Å². The van der Waals surface area contributed by atoms with Gasteiger partial charge in [0.05, 0.1) is 5.92 Å². The van der Waals surface area contributed by atoms with Gasteiger partial charge in [-0.05, 0) is 18.4 Å². The van der Waals surface area contributed by atoms with Gasteiger partial charge in [0.25, 0.3) is 0 Å². The quantitative estimate of drug-likeness (QED) is 0.871. The summed E-state index contributed by atoms with van der Waals surface area (Å²) in [6.07, 6.45) is 1.86. The van der Waals surface area contributed by atoms with Crippen LogP contribution in [-0.2, 0) is 22.4 Å². The summed E-state index contributed by atoms with van der Waals surface area (Å²) in [7, 11) is 0. The summed E-state index contributed by atoms with van der Waals surface area (Å²) >= 11 is 1.38. The summed E-state index contributed by atoms with van der Waals surface area (Å²) in [5.41, 5.74) is 1.19. The molecule has 24 heavy (non-hydrogen) atoms. The third-order valence-electron chi connectivity index (χ3n) is 4.10. The number of benzene rings is 1. The van der Waals surface area contributed by atoms with Crippen LogP contribution in [0.4, 0.5) is 5.13 Å². The number of aryl methyl sites for hydroxylation is 1. The lowest BCUT2D eigenvalue weighted by Gasteiger charge is -2.16. The monoisotopic (exact) mass is 344 g/mol. The van der Waals surface area contributed by atoms with Gasteiger partial charge in [0.15, 0.2) is 0 Å². The molecule has 1 fully saturated rings. The number of aromatic nitrogens is 2. The summed E-state index contributed by atoms with van der Waals surface area (Å²) in [4.78, 5) is 26.2. The predicted octanol–water partition coefficient (Wildman–Crippen LogP) is 2.13. The molecule has 1 aliphatic rings. The van der Waals surface area contributed by atoms with E-state index in [1.807, 2.05) is 37.3 Å². The zero-order chi connectivity index (χ0) is 16.9. The molecule has 0 bridgehead atoms. The van der Waals surface area contributed by atoms with E-state index in [0.717, 1.165) is 17.8 Å². The Morgan fingerprint density at radius 2 is 2.12 bits per heavy atom. The van der Waals surface area contributed by atoms with E-state index in [0.29, 0.717) is 18.2 Å². The minimum atomic E-state index is -0.317. The highest BCUT2D eigenvalue weighted by molar-refractivity contribution is 7.15. The van der Waals surface area contributed by atoms with Crippen LogP contribution in [0, 0.1) is 5.92 Å². The smallest absolute Gasteiger partial charge is 0.231 e. The predicted molar refractivity (Wildman–Crippen MR) is 92.7 cm³/mol. The number of nitrogens with one attached hydrogen (secondary N) is 1. The topological polar surface area (TPSA) is 75.2 Å². The fourth-order valence-electron chi connectivity index (χ4n) is 2.73. The largest absolute Gasteiger partial charge is 0.342 e. The zero-order valence-electron chi connectivity index (χ0n) is 13.6. The number of hydrogen-bond acceptors (Lipinski definition) is 5. The standard InChI is InChI=1S/C17H20N4O2S/c1-2-14-19-20-17(24-14)18-16(23)13-10-15(22)21(11-13)9-8-12-6-4-3-5-7-12/h3-7,13H,2,8-11H2,1H3,(H,18,20,23)/t13-/m1/s1. The molecule has 0 aliphatic carbocycles. The Labute approximate surface area is 144 Å². The molecule has 7 heteroatoms. The maximum Gasteiger partial charge on any atom is 0.231 e. The molecule has 1 aliphatic heterocycles. The maximum atomic E-state index is 12.3. The van der Waals surface area contributed by atoms with Gasteiger partial charge >= 0.3 is 0 Å². The van der Waals surface area contributed by atoms with E-state index in [2.05, 4.69) is 15.5 Å². The molecule has 0 radical (unpaired) electrons. The maximum absolute atomic E-state index is 12.3. The third kappa shape index (κ3) is 3.97. The minimum absolute atomic E-state index is 0.0394. The van der Waals surface area contributed by atoms with Gasteiger partial charge in [-0.1, -0.05) is 48.6 Å². The van der Waals surface area contributed by atoms with Crippen molar-refractivity contribution in [1.29, 1.82) is 0 Å². The number of likely N-dealkylation sites (tertiary alicyclic amines) is 1. The molecule has 2 aromatic rings. The lowest BCUT2D eigenvalue weighted by molar-refractivity contribution is -0.128. The molecule has 0 saturated carbocycles. The molecule has 1 N–H and O–H groups in total. The Morgan fingerprint density at radius 1 is 1.33 bits per heavy atom. The van der Waals surface area contributed by atoms with Crippen molar-refractivity contribution in [1.82, 2.24) is 15.1 Å². The van der Waals surface area contributed by atoms with E-state index in [-0.39, 0.29) is 24.2 Å². The van der Waals surface area contributed by atoms with E-state index in [4.69, 9.17) is 0 Å². The lowest BCUT2D eigenvalue weighted by atomic mass is 10.1. The Hall–Kier alpha value is -2.28. The fraction of sp³-hybridized carbons (Fsp3) is 0.412. The second kappa shape index (κ2) is 7.53. The number of rotatable bonds is 6. The van der Waals surface area contributed by atoms with Gasteiger partial charge in [-0.15, -0.1) is 10.2 Å². The van der Waals surface area contributed by atoms with Crippen LogP contribution in [-0.4, -0.2) is 40.0 Å². The van der Waals surface area contributed by atoms with Crippen molar-refractivity contribution in [2.75, 3.05) is 18.4 Å². The number of nitrogens with zero attached hydrogens (tertiary/aromatic N) is 3. The first-order chi connectivity index (χ1) is 11.7. The molecule has 2 amide bonds.